The zero-order valence-electron chi connectivity index (χ0n) is 16.8. The van der Waals surface area contributed by atoms with Gasteiger partial charge in [0.05, 0.1) is 17.7 Å². The Bertz CT molecular complexity index is 1220. The summed E-state index contributed by atoms with van der Waals surface area (Å²) in [6.07, 6.45) is 0. The van der Waals surface area contributed by atoms with E-state index in [9.17, 15) is 13.2 Å². The molecule has 0 spiro atoms. The van der Waals surface area contributed by atoms with Gasteiger partial charge in [0.2, 0.25) is 0 Å². The molecule has 0 bridgehead atoms. The third-order valence-corrected chi connectivity index (χ3v) is 7.14. The normalized spacial score (nSPS) is 13.9. The number of anilines is 1. The average molecular weight is 423 g/mol. The predicted molar refractivity (Wildman–Crippen MR) is 116 cm³/mol. The van der Waals surface area contributed by atoms with Crippen LogP contribution in [0.15, 0.2) is 71.6 Å². The Morgan fingerprint density at radius 2 is 1.73 bits per heavy atom. The average Bonchev–Trinajstić information content (AvgIpc) is 2.77. The molecule has 3 aromatic carbocycles. The maximum absolute atomic E-state index is 13.0. The molecule has 0 saturated heterocycles. The lowest BCUT2D eigenvalue weighted by atomic mass is 10.00. The van der Waals surface area contributed by atoms with Gasteiger partial charge in [0, 0.05) is 35.3 Å². The smallest absolute Gasteiger partial charge is 0.264 e. The molecule has 4 rings (SSSR count). The number of hydrogen-bond donors (Lipinski definition) is 1. The van der Waals surface area contributed by atoms with E-state index < -0.39 is 10.0 Å². The highest BCUT2D eigenvalue weighted by molar-refractivity contribution is 7.93. The minimum Gasteiger partial charge on any atom is -0.496 e. The molecule has 1 N–H and O–H groups in total. The number of methoxy groups -OCH3 is 1. The molecule has 0 atom stereocenters. The Hall–Kier alpha value is -3.32. The minimum absolute atomic E-state index is 0.238. The van der Waals surface area contributed by atoms with Gasteiger partial charge >= 0.3 is 0 Å². The number of ether oxygens (including phenoxy) is 1. The van der Waals surface area contributed by atoms with Crippen molar-refractivity contribution in [2.45, 2.75) is 18.4 Å². The van der Waals surface area contributed by atoms with Crippen LogP contribution in [0.2, 0.25) is 0 Å². The van der Waals surface area contributed by atoms with E-state index in [0.29, 0.717) is 35.7 Å². The van der Waals surface area contributed by atoms with E-state index in [2.05, 4.69) is 5.32 Å². The van der Waals surface area contributed by atoms with Crippen LogP contribution in [0.1, 0.15) is 22.8 Å². The number of fused-ring (bicyclic) bond motifs is 3. The molecular weight excluding hydrogens is 400 g/mol. The van der Waals surface area contributed by atoms with Gasteiger partial charge in [-0.25, -0.2) is 8.42 Å². The highest BCUT2D eigenvalue weighted by Crippen LogP contribution is 2.43. The molecule has 7 heteroatoms. The molecule has 1 aliphatic rings. The maximum atomic E-state index is 13.0. The highest BCUT2D eigenvalue weighted by Gasteiger charge is 2.34. The summed E-state index contributed by atoms with van der Waals surface area (Å²) in [5, 5.41) is 2.91. The van der Waals surface area contributed by atoms with Crippen LogP contribution in [0.25, 0.3) is 11.1 Å². The number of sulfonamides is 1. The number of carbonyl (C=O) groups excluding carboxylic acids is 1. The van der Waals surface area contributed by atoms with E-state index in [1.54, 1.807) is 56.5 Å². The van der Waals surface area contributed by atoms with Crippen molar-refractivity contribution in [1.82, 2.24) is 5.32 Å². The second kappa shape index (κ2) is 7.84. The Morgan fingerprint density at radius 1 is 1.00 bits per heavy atom. The molecule has 6 nitrogen and oxygen atoms in total. The van der Waals surface area contributed by atoms with Crippen LogP contribution in [0, 0.1) is 0 Å². The molecule has 30 heavy (non-hydrogen) atoms. The Morgan fingerprint density at radius 3 is 2.50 bits per heavy atom. The van der Waals surface area contributed by atoms with Crippen LogP contribution in [-0.2, 0) is 16.6 Å². The van der Waals surface area contributed by atoms with Crippen molar-refractivity contribution in [3.63, 3.8) is 0 Å². The fourth-order valence-corrected chi connectivity index (χ4v) is 5.44. The lowest BCUT2D eigenvalue weighted by molar-refractivity contribution is 0.0950. The van der Waals surface area contributed by atoms with Gasteiger partial charge in [-0.2, -0.15) is 0 Å². The summed E-state index contributed by atoms with van der Waals surface area (Å²) in [5.74, 6) is 0.471. The van der Waals surface area contributed by atoms with Crippen LogP contribution >= 0.6 is 0 Å². The zero-order valence-corrected chi connectivity index (χ0v) is 17.6. The molecule has 3 aromatic rings. The largest absolute Gasteiger partial charge is 0.496 e. The molecule has 0 fully saturated rings. The Labute approximate surface area is 176 Å². The Balaban J connectivity index is 1.68. The molecule has 0 radical (unpaired) electrons. The van der Waals surface area contributed by atoms with Crippen LogP contribution in [0.5, 0.6) is 5.75 Å². The summed E-state index contributed by atoms with van der Waals surface area (Å²) in [6.45, 7) is 2.43. The van der Waals surface area contributed by atoms with Crippen molar-refractivity contribution in [1.29, 1.82) is 0 Å². The molecule has 1 heterocycles. The topological polar surface area (TPSA) is 75.7 Å². The van der Waals surface area contributed by atoms with E-state index >= 15 is 0 Å². The van der Waals surface area contributed by atoms with E-state index in [-0.39, 0.29) is 10.8 Å². The van der Waals surface area contributed by atoms with Crippen LogP contribution in [0.4, 0.5) is 5.69 Å². The quantitative estimate of drug-likeness (QED) is 0.678. The summed E-state index contributed by atoms with van der Waals surface area (Å²) in [6, 6.07) is 19.5. The third-order valence-electron chi connectivity index (χ3n) is 5.19. The van der Waals surface area contributed by atoms with Gasteiger partial charge < -0.3 is 10.1 Å². The number of para-hydroxylation sites is 1. The summed E-state index contributed by atoms with van der Waals surface area (Å²) in [5.41, 5.74) is 3.26. The first-order chi connectivity index (χ1) is 14.5. The fourth-order valence-electron chi connectivity index (χ4n) is 3.74. The molecule has 0 aliphatic carbocycles. The summed E-state index contributed by atoms with van der Waals surface area (Å²) >= 11 is 0. The summed E-state index contributed by atoms with van der Waals surface area (Å²) in [7, 11) is -2.02. The molecule has 154 valence electrons. The SMILES string of the molecule is CCN1c2ccc(C(=O)NCc3ccccc3OC)cc2-c2ccccc2S1(=O)=O. The van der Waals surface area contributed by atoms with Crippen molar-refractivity contribution < 1.29 is 17.9 Å². The molecule has 1 amide bonds. The van der Waals surface area contributed by atoms with Crippen LogP contribution in [-0.4, -0.2) is 28.0 Å². The molecule has 1 aliphatic heterocycles. The fraction of sp³-hybridized carbons (Fsp3) is 0.174. The van der Waals surface area contributed by atoms with Gasteiger partial charge in [-0.15, -0.1) is 0 Å². The van der Waals surface area contributed by atoms with Gasteiger partial charge in [-0.3, -0.25) is 9.10 Å². The van der Waals surface area contributed by atoms with Gasteiger partial charge in [0.25, 0.3) is 15.9 Å². The zero-order chi connectivity index (χ0) is 21.3. The lowest BCUT2D eigenvalue weighted by Gasteiger charge is -2.31. The Kier molecular flexibility index (Phi) is 5.22. The summed E-state index contributed by atoms with van der Waals surface area (Å²) < 4.78 is 32.6. The van der Waals surface area contributed by atoms with Gasteiger partial charge in [0.1, 0.15) is 5.75 Å². The standard InChI is InChI=1S/C23H22N2O4S/c1-3-25-20-13-12-16(23(26)24-15-17-8-4-6-10-21(17)29-2)14-19(20)18-9-5-7-11-22(18)30(25,27)28/h4-14H,3,15H2,1-2H3,(H,24,26). The van der Waals surface area contributed by atoms with Gasteiger partial charge in [-0.1, -0.05) is 36.4 Å². The molecule has 0 saturated carbocycles. The molecule has 0 unspecified atom stereocenters. The van der Waals surface area contributed by atoms with Crippen molar-refractivity contribution in [3.8, 4) is 16.9 Å². The minimum atomic E-state index is -3.61. The predicted octanol–water partition coefficient (Wildman–Crippen LogP) is 3.82. The van der Waals surface area contributed by atoms with E-state index in [4.69, 9.17) is 4.74 Å². The molecule has 0 aromatic heterocycles. The highest BCUT2D eigenvalue weighted by atomic mass is 32.2. The van der Waals surface area contributed by atoms with Crippen molar-refractivity contribution in [2.24, 2.45) is 0 Å². The number of nitrogens with zero attached hydrogens (tertiary/aromatic N) is 1. The van der Waals surface area contributed by atoms with Crippen LogP contribution in [0.3, 0.4) is 0 Å². The third kappa shape index (κ3) is 3.31. The van der Waals surface area contributed by atoms with Crippen molar-refractivity contribution >= 4 is 21.6 Å². The second-order valence-corrected chi connectivity index (χ2v) is 8.72. The number of amides is 1. The van der Waals surface area contributed by atoms with Gasteiger partial charge in [0.15, 0.2) is 0 Å². The second-order valence-electron chi connectivity index (χ2n) is 6.89. The lowest BCUT2D eigenvalue weighted by Crippen LogP contribution is -2.34. The van der Waals surface area contributed by atoms with E-state index in [1.807, 2.05) is 24.3 Å². The maximum Gasteiger partial charge on any atom is 0.264 e. The number of nitrogens with one attached hydrogen (secondary N) is 1. The summed E-state index contributed by atoms with van der Waals surface area (Å²) in [4.78, 5) is 13.1. The first-order valence-electron chi connectivity index (χ1n) is 9.63. The van der Waals surface area contributed by atoms with Crippen molar-refractivity contribution in [3.05, 3.63) is 77.9 Å². The van der Waals surface area contributed by atoms with E-state index in [1.165, 1.54) is 4.31 Å². The van der Waals surface area contributed by atoms with Crippen LogP contribution < -0.4 is 14.4 Å². The number of benzene rings is 3. The molecular formula is C23H22N2O4S. The van der Waals surface area contributed by atoms with E-state index in [0.717, 1.165) is 11.1 Å². The monoisotopic (exact) mass is 422 g/mol. The number of carbonyl (C=O) groups is 1. The number of hydrogen-bond acceptors (Lipinski definition) is 4. The number of rotatable bonds is 5. The first kappa shape index (κ1) is 20.0. The van der Waals surface area contributed by atoms with Crippen molar-refractivity contribution in [2.75, 3.05) is 18.0 Å². The first-order valence-corrected chi connectivity index (χ1v) is 11.1. The van der Waals surface area contributed by atoms with Gasteiger partial charge in [-0.05, 0) is 37.3 Å².